The van der Waals surface area contributed by atoms with Crippen molar-refractivity contribution in [2.24, 2.45) is 0 Å². The molecule has 2 aromatic carbocycles. The normalized spacial score (nSPS) is 17.3. The summed E-state index contributed by atoms with van der Waals surface area (Å²) < 4.78 is 27.4. The van der Waals surface area contributed by atoms with Crippen LogP contribution in [0.4, 0.5) is 5.69 Å². The van der Waals surface area contributed by atoms with Crippen LogP contribution in [0.2, 0.25) is 0 Å². The van der Waals surface area contributed by atoms with Crippen LogP contribution in [-0.4, -0.2) is 34.0 Å². The molecule has 0 saturated heterocycles. The molecule has 0 aromatic heterocycles. The number of carbonyl (C=O) groups excluding carboxylic acids is 1. The van der Waals surface area contributed by atoms with E-state index in [1.807, 2.05) is 18.2 Å². The molecule has 136 valence electrons. The predicted molar refractivity (Wildman–Crippen MR) is 93.8 cm³/mol. The first-order valence-electron chi connectivity index (χ1n) is 8.18. The molecule has 4 rings (SSSR count). The molecule has 7 nitrogen and oxygen atoms in total. The summed E-state index contributed by atoms with van der Waals surface area (Å²) in [4.78, 5) is 12.3. The van der Waals surface area contributed by atoms with E-state index in [1.54, 1.807) is 27.4 Å². The average Bonchev–Trinajstić information content (AvgIpc) is 3.11. The fraction of sp³-hybridized carbons (Fsp3) is 0.316. The molecule has 1 atom stereocenters. The standard InChI is InChI=1S/C19H19NO6/c1-22-14-5-4-10(18(23-2)19(14)24-3)11-7-17(21)20-13-8-16-15(6-12(11)13)25-9-26-16/h4-6,8,11H,7,9H2,1-3H3,(H,20,21)/t11-/m0/s1. The number of fused-ring (bicyclic) bond motifs is 2. The first-order valence-corrected chi connectivity index (χ1v) is 8.18. The fourth-order valence-corrected chi connectivity index (χ4v) is 3.53. The Morgan fingerprint density at radius 3 is 2.38 bits per heavy atom. The van der Waals surface area contributed by atoms with Crippen LogP contribution in [-0.2, 0) is 4.79 Å². The number of benzene rings is 2. The van der Waals surface area contributed by atoms with E-state index in [4.69, 9.17) is 23.7 Å². The second kappa shape index (κ2) is 6.33. The highest BCUT2D eigenvalue weighted by Crippen LogP contribution is 2.49. The lowest BCUT2D eigenvalue weighted by molar-refractivity contribution is -0.116. The van der Waals surface area contributed by atoms with Crippen LogP contribution in [0, 0.1) is 0 Å². The van der Waals surface area contributed by atoms with Crippen LogP contribution in [0.25, 0.3) is 0 Å². The minimum absolute atomic E-state index is 0.0711. The molecule has 2 aliphatic heterocycles. The van der Waals surface area contributed by atoms with Crippen molar-refractivity contribution in [2.45, 2.75) is 12.3 Å². The molecule has 1 amide bonds. The van der Waals surface area contributed by atoms with Gasteiger partial charge in [0.15, 0.2) is 23.0 Å². The van der Waals surface area contributed by atoms with Gasteiger partial charge in [-0.15, -0.1) is 0 Å². The highest BCUT2D eigenvalue weighted by atomic mass is 16.7. The third kappa shape index (κ3) is 2.47. The van der Waals surface area contributed by atoms with Crippen molar-refractivity contribution in [1.82, 2.24) is 0 Å². The molecule has 0 fully saturated rings. The Kier molecular flexibility index (Phi) is 3.99. The van der Waals surface area contributed by atoms with Crippen molar-refractivity contribution >= 4 is 11.6 Å². The zero-order chi connectivity index (χ0) is 18.3. The summed E-state index contributed by atoms with van der Waals surface area (Å²) in [6, 6.07) is 7.43. The third-order valence-corrected chi connectivity index (χ3v) is 4.69. The lowest BCUT2D eigenvalue weighted by Gasteiger charge is -2.28. The first-order chi connectivity index (χ1) is 12.7. The molecule has 7 heteroatoms. The van der Waals surface area contributed by atoms with Gasteiger partial charge in [-0.3, -0.25) is 4.79 Å². The zero-order valence-electron chi connectivity index (χ0n) is 14.8. The van der Waals surface area contributed by atoms with Gasteiger partial charge in [0.2, 0.25) is 18.4 Å². The van der Waals surface area contributed by atoms with E-state index in [2.05, 4.69) is 5.32 Å². The van der Waals surface area contributed by atoms with Crippen LogP contribution in [0.1, 0.15) is 23.5 Å². The average molecular weight is 357 g/mol. The van der Waals surface area contributed by atoms with Crippen LogP contribution in [0.15, 0.2) is 24.3 Å². The molecule has 0 saturated carbocycles. The second-order valence-corrected chi connectivity index (χ2v) is 6.02. The van der Waals surface area contributed by atoms with Gasteiger partial charge in [0.25, 0.3) is 0 Å². The first kappa shape index (κ1) is 16.4. The summed E-state index contributed by atoms with van der Waals surface area (Å²) in [6.07, 6.45) is 0.290. The van der Waals surface area contributed by atoms with Crippen LogP contribution in [0.5, 0.6) is 28.7 Å². The van der Waals surface area contributed by atoms with Crippen molar-refractivity contribution in [2.75, 3.05) is 33.4 Å². The van der Waals surface area contributed by atoms with E-state index >= 15 is 0 Å². The molecular weight excluding hydrogens is 338 g/mol. The van der Waals surface area contributed by atoms with Crippen molar-refractivity contribution in [3.05, 3.63) is 35.4 Å². The Balaban J connectivity index is 1.88. The number of amides is 1. The van der Waals surface area contributed by atoms with Gasteiger partial charge < -0.3 is 29.0 Å². The van der Waals surface area contributed by atoms with E-state index < -0.39 is 0 Å². The summed E-state index contributed by atoms with van der Waals surface area (Å²) >= 11 is 0. The SMILES string of the molecule is COc1ccc([C@@H]2CC(=O)Nc3cc4c(cc32)OCO4)c(OC)c1OC. The Bertz CT molecular complexity index is 879. The van der Waals surface area contributed by atoms with Crippen molar-refractivity contribution in [3.63, 3.8) is 0 Å². The lowest BCUT2D eigenvalue weighted by atomic mass is 9.83. The number of anilines is 1. The van der Waals surface area contributed by atoms with Crippen molar-refractivity contribution < 1.29 is 28.5 Å². The molecule has 26 heavy (non-hydrogen) atoms. The molecule has 1 N–H and O–H groups in total. The number of carbonyl (C=O) groups is 1. The maximum Gasteiger partial charge on any atom is 0.231 e. The van der Waals surface area contributed by atoms with Crippen LogP contribution in [0.3, 0.4) is 0 Å². The number of methoxy groups -OCH3 is 3. The summed E-state index contributed by atoms with van der Waals surface area (Å²) in [7, 11) is 4.70. The summed E-state index contributed by atoms with van der Waals surface area (Å²) in [5, 5.41) is 2.91. The highest BCUT2D eigenvalue weighted by molar-refractivity contribution is 5.96. The minimum Gasteiger partial charge on any atom is -0.493 e. The summed E-state index contributed by atoms with van der Waals surface area (Å²) in [6.45, 7) is 0.177. The molecule has 2 aliphatic rings. The van der Waals surface area contributed by atoms with E-state index in [0.717, 1.165) is 11.1 Å². The molecule has 0 unspecified atom stereocenters. The van der Waals surface area contributed by atoms with Gasteiger partial charge in [-0.25, -0.2) is 0 Å². The van der Waals surface area contributed by atoms with Gasteiger partial charge in [-0.1, -0.05) is 6.07 Å². The van der Waals surface area contributed by atoms with Crippen molar-refractivity contribution in [1.29, 1.82) is 0 Å². The maximum absolute atomic E-state index is 12.3. The van der Waals surface area contributed by atoms with E-state index in [-0.39, 0.29) is 18.6 Å². The third-order valence-electron chi connectivity index (χ3n) is 4.69. The number of ether oxygens (including phenoxy) is 5. The molecule has 2 heterocycles. The van der Waals surface area contributed by atoms with Gasteiger partial charge >= 0.3 is 0 Å². The van der Waals surface area contributed by atoms with Crippen molar-refractivity contribution in [3.8, 4) is 28.7 Å². The van der Waals surface area contributed by atoms with Gasteiger partial charge in [0, 0.05) is 29.7 Å². The summed E-state index contributed by atoms with van der Waals surface area (Å²) in [5.41, 5.74) is 2.51. The number of rotatable bonds is 4. The Morgan fingerprint density at radius 2 is 1.69 bits per heavy atom. The quantitative estimate of drug-likeness (QED) is 0.907. The predicted octanol–water partition coefficient (Wildman–Crippen LogP) is 2.92. The van der Waals surface area contributed by atoms with Gasteiger partial charge in [0.1, 0.15) is 0 Å². The minimum atomic E-state index is -0.206. The molecule has 0 radical (unpaired) electrons. The molecule has 2 aromatic rings. The molecule has 0 spiro atoms. The highest BCUT2D eigenvalue weighted by Gasteiger charge is 2.33. The largest absolute Gasteiger partial charge is 0.493 e. The van der Waals surface area contributed by atoms with Gasteiger partial charge in [-0.05, 0) is 17.7 Å². The van der Waals surface area contributed by atoms with Crippen LogP contribution < -0.4 is 29.0 Å². The molecular formula is C19H19NO6. The monoisotopic (exact) mass is 357 g/mol. The van der Waals surface area contributed by atoms with E-state index in [9.17, 15) is 4.79 Å². The smallest absolute Gasteiger partial charge is 0.231 e. The van der Waals surface area contributed by atoms with Crippen LogP contribution >= 0.6 is 0 Å². The zero-order valence-corrected chi connectivity index (χ0v) is 14.8. The van der Waals surface area contributed by atoms with Gasteiger partial charge in [-0.2, -0.15) is 0 Å². The maximum atomic E-state index is 12.3. The molecule has 0 bridgehead atoms. The van der Waals surface area contributed by atoms with E-state index in [1.165, 1.54) is 0 Å². The van der Waals surface area contributed by atoms with E-state index in [0.29, 0.717) is 40.9 Å². The molecule has 0 aliphatic carbocycles. The summed E-state index contributed by atoms with van der Waals surface area (Å²) in [5.74, 6) is 2.64. The van der Waals surface area contributed by atoms with Gasteiger partial charge in [0.05, 0.1) is 21.3 Å². The fourth-order valence-electron chi connectivity index (χ4n) is 3.53. The number of nitrogens with one attached hydrogen (secondary N) is 1. The number of hydrogen-bond donors (Lipinski definition) is 1. The Labute approximate surface area is 150 Å². The Hall–Kier alpha value is -3.09. The topological polar surface area (TPSA) is 75.3 Å². The lowest BCUT2D eigenvalue weighted by Crippen LogP contribution is -2.23. The number of hydrogen-bond acceptors (Lipinski definition) is 6. The Morgan fingerprint density at radius 1 is 0.962 bits per heavy atom. The second-order valence-electron chi connectivity index (χ2n) is 6.02.